The van der Waals surface area contributed by atoms with Gasteiger partial charge in [-0.25, -0.2) is 9.97 Å². The van der Waals surface area contributed by atoms with Crippen LogP contribution in [0.1, 0.15) is 23.3 Å². The van der Waals surface area contributed by atoms with Crippen molar-refractivity contribution in [3.63, 3.8) is 0 Å². The third-order valence-electron chi connectivity index (χ3n) is 3.87. The Hall–Kier alpha value is -0.650. The Bertz CT molecular complexity index is 586. The molecule has 2 aromatic heterocycles. The predicted octanol–water partition coefficient (Wildman–Crippen LogP) is 3.49. The van der Waals surface area contributed by atoms with Crippen molar-refractivity contribution < 1.29 is 0 Å². The highest BCUT2D eigenvalue weighted by Crippen LogP contribution is 2.37. The number of nitrogens with zero attached hydrogens (tertiary/aromatic N) is 3. The molecule has 3 rings (SSSR count). The van der Waals surface area contributed by atoms with Gasteiger partial charge in [-0.05, 0) is 52.4 Å². The van der Waals surface area contributed by atoms with Crippen molar-refractivity contribution in [2.75, 3.05) is 20.1 Å². The average molecular weight is 293 g/mol. The fourth-order valence-corrected chi connectivity index (χ4v) is 4.80. The van der Waals surface area contributed by atoms with E-state index in [1.807, 2.05) is 11.8 Å². The highest BCUT2D eigenvalue weighted by atomic mass is 32.2. The molecule has 0 radical (unpaired) electrons. The van der Waals surface area contributed by atoms with Crippen molar-refractivity contribution in [1.29, 1.82) is 0 Å². The van der Waals surface area contributed by atoms with Crippen molar-refractivity contribution in [3.05, 3.63) is 16.8 Å². The van der Waals surface area contributed by atoms with E-state index >= 15 is 0 Å². The average Bonchev–Trinajstić information content (AvgIpc) is 2.69. The van der Waals surface area contributed by atoms with Gasteiger partial charge in [-0.1, -0.05) is 0 Å². The van der Waals surface area contributed by atoms with Crippen molar-refractivity contribution in [3.8, 4) is 0 Å². The topological polar surface area (TPSA) is 29.0 Å². The molecular formula is C14H19N3S2. The zero-order valence-electron chi connectivity index (χ0n) is 11.6. The van der Waals surface area contributed by atoms with Crippen molar-refractivity contribution in [2.45, 2.75) is 37.0 Å². The van der Waals surface area contributed by atoms with Gasteiger partial charge in [0.25, 0.3) is 0 Å². The van der Waals surface area contributed by atoms with Crippen molar-refractivity contribution in [1.82, 2.24) is 14.9 Å². The lowest BCUT2D eigenvalue weighted by Gasteiger charge is -2.28. The minimum Gasteiger partial charge on any atom is -0.306 e. The number of aromatic nitrogens is 2. The number of rotatable bonds is 2. The lowest BCUT2D eigenvalue weighted by Crippen LogP contribution is -2.31. The summed E-state index contributed by atoms with van der Waals surface area (Å²) in [6, 6.07) is 0. The summed E-state index contributed by atoms with van der Waals surface area (Å²) < 4.78 is 0. The largest absolute Gasteiger partial charge is 0.306 e. The van der Waals surface area contributed by atoms with Gasteiger partial charge >= 0.3 is 0 Å². The molecule has 5 heteroatoms. The highest BCUT2D eigenvalue weighted by Gasteiger charge is 2.20. The summed E-state index contributed by atoms with van der Waals surface area (Å²) in [6.07, 6.45) is 4.23. The number of piperidine rings is 1. The van der Waals surface area contributed by atoms with E-state index in [9.17, 15) is 0 Å². The minimum absolute atomic E-state index is 0.703. The number of fused-ring (bicyclic) bond motifs is 1. The first-order valence-corrected chi connectivity index (χ1v) is 8.40. The van der Waals surface area contributed by atoms with E-state index in [-0.39, 0.29) is 0 Å². The summed E-state index contributed by atoms with van der Waals surface area (Å²) in [6.45, 7) is 6.77. The number of hydrogen-bond donors (Lipinski definition) is 0. The molecule has 1 fully saturated rings. The molecule has 0 bridgehead atoms. The zero-order chi connectivity index (χ0) is 13.4. The van der Waals surface area contributed by atoms with Gasteiger partial charge in [-0.15, -0.1) is 23.1 Å². The second-order valence-electron chi connectivity index (χ2n) is 5.26. The van der Waals surface area contributed by atoms with Gasteiger partial charge in [0, 0.05) is 15.5 Å². The monoisotopic (exact) mass is 293 g/mol. The Morgan fingerprint density at radius 2 is 2.00 bits per heavy atom. The van der Waals surface area contributed by atoms with Gasteiger partial charge in [0.15, 0.2) is 0 Å². The SMILES string of the molecule is Cc1sc2ncnc(SC3CCN(C)CC3)c2c1C. The summed E-state index contributed by atoms with van der Waals surface area (Å²) >= 11 is 3.74. The van der Waals surface area contributed by atoms with Gasteiger partial charge in [0.05, 0.1) is 0 Å². The third-order valence-corrected chi connectivity index (χ3v) is 6.33. The quantitative estimate of drug-likeness (QED) is 0.793. The fraction of sp³-hybridized carbons (Fsp3) is 0.571. The lowest BCUT2D eigenvalue weighted by atomic mass is 10.1. The molecule has 1 aliphatic rings. The van der Waals surface area contributed by atoms with Crippen molar-refractivity contribution >= 4 is 33.3 Å². The van der Waals surface area contributed by atoms with E-state index in [1.54, 1.807) is 17.7 Å². The van der Waals surface area contributed by atoms with Gasteiger partial charge in [0.2, 0.25) is 0 Å². The first kappa shape index (κ1) is 13.3. The summed E-state index contributed by atoms with van der Waals surface area (Å²) in [5.74, 6) is 0. The maximum atomic E-state index is 4.54. The van der Waals surface area contributed by atoms with Crippen LogP contribution in [0.5, 0.6) is 0 Å². The van der Waals surface area contributed by atoms with Crippen LogP contribution in [-0.4, -0.2) is 40.3 Å². The van der Waals surface area contributed by atoms with E-state index in [4.69, 9.17) is 0 Å². The van der Waals surface area contributed by atoms with Gasteiger partial charge in [-0.3, -0.25) is 0 Å². The Kier molecular flexibility index (Phi) is 3.78. The fourth-order valence-electron chi connectivity index (χ4n) is 2.50. The van der Waals surface area contributed by atoms with Crippen LogP contribution in [0.25, 0.3) is 10.2 Å². The predicted molar refractivity (Wildman–Crippen MR) is 83.3 cm³/mol. The van der Waals surface area contributed by atoms with Crippen LogP contribution in [0.4, 0.5) is 0 Å². The maximum Gasteiger partial charge on any atom is 0.128 e. The minimum atomic E-state index is 0.703. The number of hydrogen-bond acceptors (Lipinski definition) is 5. The molecule has 2 aromatic rings. The first-order chi connectivity index (χ1) is 9.15. The van der Waals surface area contributed by atoms with Crippen LogP contribution >= 0.6 is 23.1 Å². The van der Waals surface area contributed by atoms with E-state index in [0.29, 0.717) is 5.25 Å². The summed E-state index contributed by atoms with van der Waals surface area (Å²) in [4.78, 5) is 13.9. The van der Waals surface area contributed by atoms with E-state index < -0.39 is 0 Å². The van der Waals surface area contributed by atoms with Crippen LogP contribution in [-0.2, 0) is 0 Å². The molecule has 0 amide bonds. The molecule has 0 atom stereocenters. The van der Waals surface area contributed by atoms with Gasteiger partial charge in [0.1, 0.15) is 16.2 Å². The van der Waals surface area contributed by atoms with Crippen LogP contribution in [0.2, 0.25) is 0 Å². The Balaban J connectivity index is 1.88. The summed E-state index contributed by atoms with van der Waals surface area (Å²) in [7, 11) is 2.20. The lowest BCUT2D eigenvalue weighted by molar-refractivity contribution is 0.282. The molecule has 3 heterocycles. The highest BCUT2D eigenvalue weighted by molar-refractivity contribution is 8.00. The molecule has 0 N–H and O–H groups in total. The Labute approximate surface area is 122 Å². The molecule has 0 spiro atoms. The number of thiophene rings is 1. The summed E-state index contributed by atoms with van der Waals surface area (Å²) in [5.41, 5.74) is 1.36. The van der Waals surface area contributed by atoms with Crippen LogP contribution in [0.15, 0.2) is 11.4 Å². The summed E-state index contributed by atoms with van der Waals surface area (Å²) in [5, 5.41) is 3.17. The molecule has 1 saturated heterocycles. The van der Waals surface area contributed by atoms with Gasteiger partial charge in [-0.2, -0.15) is 0 Å². The molecule has 19 heavy (non-hydrogen) atoms. The number of aryl methyl sites for hydroxylation is 2. The number of thioether (sulfide) groups is 1. The molecule has 0 aliphatic carbocycles. The first-order valence-electron chi connectivity index (χ1n) is 6.71. The molecule has 0 saturated carbocycles. The Morgan fingerprint density at radius 1 is 1.26 bits per heavy atom. The standard InChI is InChI=1S/C14H19N3S2/c1-9-10(2)18-13-12(9)14(16-8-15-13)19-11-4-6-17(3)7-5-11/h8,11H,4-7H2,1-3H3. The smallest absolute Gasteiger partial charge is 0.128 e. The number of likely N-dealkylation sites (tertiary alicyclic amines) is 1. The van der Waals surface area contributed by atoms with E-state index in [1.165, 1.54) is 46.8 Å². The van der Waals surface area contributed by atoms with Gasteiger partial charge < -0.3 is 4.90 Å². The Morgan fingerprint density at radius 3 is 2.74 bits per heavy atom. The van der Waals surface area contributed by atoms with E-state index in [0.717, 1.165) is 4.83 Å². The molecule has 102 valence electrons. The second kappa shape index (κ2) is 5.38. The molecule has 3 nitrogen and oxygen atoms in total. The molecule has 0 aromatic carbocycles. The van der Waals surface area contributed by atoms with Crippen molar-refractivity contribution in [2.24, 2.45) is 0 Å². The van der Waals surface area contributed by atoms with E-state index in [2.05, 4.69) is 35.8 Å². The maximum absolute atomic E-state index is 4.54. The second-order valence-corrected chi connectivity index (χ2v) is 7.75. The third kappa shape index (κ3) is 2.64. The van der Waals surface area contributed by atoms with Crippen LogP contribution < -0.4 is 0 Å². The molecule has 1 aliphatic heterocycles. The normalized spacial score (nSPS) is 18.3. The molecular weight excluding hydrogens is 274 g/mol. The molecule has 0 unspecified atom stereocenters. The zero-order valence-corrected chi connectivity index (χ0v) is 13.3. The van der Waals surface area contributed by atoms with Crippen LogP contribution in [0.3, 0.4) is 0 Å². The van der Waals surface area contributed by atoms with Crippen LogP contribution in [0, 0.1) is 13.8 Å².